The molecule has 0 radical (unpaired) electrons. The van der Waals surface area contributed by atoms with Gasteiger partial charge in [0.05, 0.1) is 6.20 Å². The van der Waals surface area contributed by atoms with Gasteiger partial charge in [0.25, 0.3) is 0 Å². The van der Waals surface area contributed by atoms with Gasteiger partial charge in [-0.15, -0.1) is 0 Å². The summed E-state index contributed by atoms with van der Waals surface area (Å²) < 4.78 is 11.0. The van der Waals surface area contributed by atoms with Crippen LogP contribution in [0.3, 0.4) is 0 Å². The molecule has 0 atom stereocenters. The van der Waals surface area contributed by atoms with Gasteiger partial charge in [-0.1, -0.05) is 18.2 Å². The number of hydrogen-bond acceptors (Lipinski definition) is 4. The van der Waals surface area contributed by atoms with E-state index in [9.17, 15) is 4.79 Å². The Labute approximate surface area is 109 Å². The summed E-state index contributed by atoms with van der Waals surface area (Å²) in [7, 11) is 0. The number of carboxylic acids is 1. The zero-order valence-corrected chi connectivity index (χ0v) is 10.2. The van der Waals surface area contributed by atoms with Gasteiger partial charge in [-0.2, -0.15) is 0 Å². The van der Waals surface area contributed by atoms with Crippen molar-refractivity contribution < 1.29 is 19.1 Å². The lowest BCUT2D eigenvalue weighted by atomic mass is 10.1. The fourth-order valence-corrected chi connectivity index (χ4v) is 1.95. The number of benzene rings is 1. The van der Waals surface area contributed by atoms with Crippen LogP contribution in [0.1, 0.15) is 24.5 Å². The van der Waals surface area contributed by atoms with E-state index in [2.05, 4.69) is 4.98 Å². The molecule has 0 amide bonds. The Balaban J connectivity index is 1.68. The van der Waals surface area contributed by atoms with Crippen LogP contribution < -0.4 is 4.74 Å². The smallest absolute Gasteiger partial charge is 0.317 e. The molecule has 1 aliphatic rings. The van der Waals surface area contributed by atoms with E-state index in [4.69, 9.17) is 14.3 Å². The van der Waals surface area contributed by atoms with Crippen molar-refractivity contribution in [2.24, 2.45) is 0 Å². The Morgan fingerprint density at radius 1 is 1.37 bits per heavy atom. The summed E-state index contributed by atoms with van der Waals surface area (Å²) >= 11 is 0. The summed E-state index contributed by atoms with van der Waals surface area (Å²) in [5.41, 5.74) is -0.849. The number of hydrogen-bond donors (Lipinski definition) is 1. The Bertz CT molecular complexity index is 587. The van der Waals surface area contributed by atoms with E-state index in [1.54, 1.807) is 0 Å². The third kappa shape index (κ3) is 2.19. The molecule has 2 aromatic rings. The highest BCUT2D eigenvalue weighted by atomic mass is 16.5. The maximum Gasteiger partial charge on any atom is 0.317 e. The van der Waals surface area contributed by atoms with E-state index in [0.29, 0.717) is 24.5 Å². The molecule has 19 heavy (non-hydrogen) atoms. The van der Waals surface area contributed by atoms with Gasteiger partial charge in [-0.3, -0.25) is 4.79 Å². The molecule has 1 aliphatic carbocycles. The van der Waals surface area contributed by atoms with Crippen LogP contribution in [0.25, 0.3) is 0 Å². The molecule has 0 aliphatic heterocycles. The molecule has 1 aromatic heterocycles. The van der Waals surface area contributed by atoms with Crippen LogP contribution in [0.2, 0.25) is 0 Å². The van der Waals surface area contributed by atoms with E-state index >= 15 is 0 Å². The predicted molar refractivity (Wildman–Crippen MR) is 65.8 cm³/mol. The summed E-state index contributed by atoms with van der Waals surface area (Å²) in [4.78, 5) is 15.2. The molecule has 3 rings (SSSR count). The Morgan fingerprint density at radius 3 is 2.74 bits per heavy atom. The van der Waals surface area contributed by atoms with Gasteiger partial charge < -0.3 is 14.3 Å². The Hall–Kier alpha value is -2.30. The van der Waals surface area contributed by atoms with Crippen LogP contribution in [0.4, 0.5) is 0 Å². The highest BCUT2D eigenvalue weighted by Crippen LogP contribution is 2.48. The largest absolute Gasteiger partial charge is 0.484 e. The zero-order chi connectivity index (χ0) is 13.3. The van der Waals surface area contributed by atoms with Crippen LogP contribution >= 0.6 is 0 Å². The van der Waals surface area contributed by atoms with E-state index in [-0.39, 0.29) is 6.61 Å². The second-order valence-electron chi connectivity index (χ2n) is 4.61. The molecule has 5 nitrogen and oxygen atoms in total. The highest BCUT2D eigenvalue weighted by Gasteiger charge is 2.54. The summed E-state index contributed by atoms with van der Waals surface area (Å²) in [5.74, 6) is 0.693. The summed E-state index contributed by atoms with van der Waals surface area (Å²) in [6.45, 7) is 0.194. The first kappa shape index (κ1) is 11.8. The van der Waals surface area contributed by atoms with Crippen molar-refractivity contribution in [3.63, 3.8) is 0 Å². The number of para-hydroxylation sites is 1. The minimum absolute atomic E-state index is 0.194. The molecule has 98 valence electrons. The minimum Gasteiger partial charge on any atom is -0.484 e. The van der Waals surface area contributed by atoms with Gasteiger partial charge >= 0.3 is 5.97 Å². The molecule has 0 spiro atoms. The lowest BCUT2D eigenvalue weighted by Gasteiger charge is -2.04. The topological polar surface area (TPSA) is 72.6 Å². The van der Waals surface area contributed by atoms with Crippen LogP contribution in [-0.2, 0) is 16.8 Å². The van der Waals surface area contributed by atoms with E-state index < -0.39 is 11.4 Å². The second kappa shape index (κ2) is 4.42. The first-order valence-electron chi connectivity index (χ1n) is 6.07. The number of oxazole rings is 1. The molecule has 1 aromatic carbocycles. The summed E-state index contributed by atoms with van der Waals surface area (Å²) in [5, 5.41) is 9.16. The van der Waals surface area contributed by atoms with Gasteiger partial charge in [0.1, 0.15) is 16.9 Å². The fraction of sp³-hybridized carbons (Fsp3) is 0.286. The van der Waals surface area contributed by atoms with Crippen molar-refractivity contribution >= 4 is 5.97 Å². The number of carboxylic acid groups (broad SMARTS) is 1. The van der Waals surface area contributed by atoms with Gasteiger partial charge in [0.2, 0.25) is 5.89 Å². The fourth-order valence-electron chi connectivity index (χ4n) is 1.95. The maximum atomic E-state index is 11.2. The quantitative estimate of drug-likeness (QED) is 0.892. The summed E-state index contributed by atoms with van der Waals surface area (Å²) in [6.07, 6.45) is 2.71. The maximum absolute atomic E-state index is 11.2. The first-order chi connectivity index (χ1) is 9.21. The standard InChI is InChI=1S/C14H13NO4/c16-13(17)14(6-7-14)11-8-15-12(19-11)9-18-10-4-2-1-3-5-10/h1-5,8H,6-7,9H2,(H,16,17). The molecule has 1 N–H and O–H groups in total. The number of aromatic nitrogens is 1. The third-order valence-corrected chi connectivity index (χ3v) is 3.29. The predicted octanol–water partition coefficient (Wildman–Crippen LogP) is 2.37. The SMILES string of the molecule is O=C(O)C1(c2cnc(COc3ccccc3)o2)CC1. The number of aliphatic carboxylic acids is 1. The van der Waals surface area contributed by atoms with Crippen LogP contribution in [0, 0.1) is 0 Å². The summed E-state index contributed by atoms with van der Waals surface area (Å²) in [6, 6.07) is 9.33. The molecular weight excluding hydrogens is 246 g/mol. The number of nitrogens with zero attached hydrogens (tertiary/aromatic N) is 1. The van der Waals surface area contributed by atoms with Gasteiger partial charge in [0, 0.05) is 0 Å². The van der Waals surface area contributed by atoms with Crippen molar-refractivity contribution in [3.05, 3.63) is 48.2 Å². The van der Waals surface area contributed by atoms with Gasteiger partial charge in [-0.05, 0) is 25.0 Å². The molecule has 0 bridgehead atoms. The van der Waals surface area contributed by atoms with Crippen molar-refractivity contribution in [3.8, 4) is 5.75 Å². The average molecular weight is 259 g/mol. The highest BCUT2D eigenvalue weighted by molar-refractivity contribution is 5.83. The minimum atomic E-state index is -0.849. The monoisotopic (exact) mass is 259 g/mol. The zero-order valence-electron chi connectivity index (χ0n) is 10.2. The molecule has 1 saturated carbocycles. The first-order valence-corrected chi connectivity index (χ1v) is 6.07. The van der Waals surface area contributed by atoms with Crippen molar-refractivity contribution in [2.45, 2.75) is 24.9 Å². The van der Waals surface area contributed by atoms with E-state index in [1.807, 2.05) is 30.3 Å². The molecule has 0 unspecified atom stereocenters. The molecule has 1 heterocycles. The molecular formula is C14H13NO4. The lowest BCUT2D eigenvalue weighted by Crippen LogP contribution is -2.18. The van der Waals surface area contributed by atoms with Crippen molar-refractivity contribution in [2.75, 3.05) is 0 Å². The van der Waals surface area contributed by atoms with Crippen LogP contribution in [-0.4, -0.2) is 16.1 Å². The average Bonchev–Trinajstić information content (AvgIpc) is 3.11. The molecule has 5 heteroatoms. The third-order valence-electron chi connectivity index (χ3n) is 3.29. The lowest BCUT2D eigenvalue weighted by molar-refractivity contribution is -0.140. The number of carbonyl (C=O) groups is 1. The van der Waals surface area contributed by atoms with Crippen LogP contribution in [0.15, 0.2) is 40.9 Å². The van der Waals surface area contributed by atoms with Gasteiger partial charge in [-0.25, -0.2) is 4.98 Å². The van der Waals surface area contributed by atoms with Gasteiger partial charge in [0.15, 0.2) is 6.61 Å². The van der Waals surface area contributed by atoms with E-state index in [1.165, 1.54) is 6.20 Å². The Kier molecular flexibility index (Phi) is 2.74. The van der Waals surface area contributed by atoms with Crippen LogP contribution in [0.5, 0.6) is 5.75 Å². The molecule has 1 fully saturated rings. The van der Waals surface area contributed by atoms with Crippen molar-refractivity contribution in [1.29, 1.82) is 0 Å². The van der Waals surface area contributed by atoms with Crippen molar-refractivity contribution in [1.82, 2.24) is 4.98 Å². The number of rotatable bonds is 5. The number of ether oxygens (including phenoxy) is 1. The Morgan fingerprint density at radius 2 is 2.11 bits per heavy atom. The molecule has 0 saturated heterocycles. The van der Waals surface area contributed by atoms with E-state index in [0.717, 1.165) is 5.75 Å². The normalized spacial score (nSPS) is 16.0. The second-order valence-corrected chi connectivity index (χ2v) is 4.61.